The lowest BCUT2D eigenvalue weighted by Gasteiger charge is -2.17. The van der Waals surface area contributed by atoms with Crippen LogP contribution in [-0.4, -0.2) is 17.0 Å². The van der Waals surface area contributed by atoms with Crippen molar-refractivity contribution in [3.63, 3.8) is 0 Å². The molecule has 0 atom stereocenters. The summed E-state index contributed by atoms with van der Waals surface area (Å²) >= 11 is 3.19. The number of aromatic nitrogens is 1. The molecule has 2 rings (SSSR count). The molecule has 6 nitrogen and oxygen atoms in total. The van der Waals surface area contributed by atoms with E-state index in [1.54, 1.807) is 24.4 Å². The predicted molar refractivity (Wildman–Crippen MR) is 74.1 cm³/mol. The van der Waals surface area contributed by atoms with Crippen LogP contribution in [-0.2, 0) is 6.54 Å². The van der Waals surface area contributed by atoms with Crippen LogP contribution in [0.15, 0.2) is 33.5 Å². The molecule has 7 heteroatoms. The van der Waals surface area contributed by atoms with E-state index < -0.39 is 4.92 Å². The molecular formula is C12H12BrN3O3. The molecule has 0 aliphatic rings. The van der Waals surface area contributed by atoms with E-state index in [9.17, 15) is 10.1 Å². The van der Waals surface area contributed by atoms with Crippen molar-refractivity contribution >= 4 is 27.4 Å². The van der Waals surface area contributed by atoms with E-state index in [0.29, 0.717) is 16.8 Å². The van der Waals surface area contributed by atoms with Crippen LogP contribution in [0.4, 0.5) is 11.5 Å². The first-order valence-electron chi connectivity index (χ1n) is 5.53. The third kappa shape index (κ3) is 2.93. The summed E-state index contributed by atoms with van der Waals surface area (Å²) in [7, 11) is 1.76. The van der Waals surface area contributed by atoms with Crippen LogP contribution < -0.4 is 4.90 Å². The molecule has 0 amide bonds. The Labute approximate surface area is 118 Å². The molecule has 0 radical (unpaired) electrons. The number of furan rings is 1. The fraction of sp³-hybridized carbons (Fsp3) is 0.250. The van der Waals surface area contributed by atoms with Crippen molar-refractivity contribution < 1.29 is 9.34 Å². The molecule has 0 bridgehead atoms. The molecule has 2 aromatic rings. The first-order chi connectivity index (χ1) is 8.99. The lowest BCUT2D eigenvalue weighted by atomic mass is 10.2. The van der Waals surface area contributed by atoms with Gasteiger partial charge in [0.15, 0.2) is 0 Å². The van der Waals surface area contributed by atoms with Gasteiger partial charge in [-0.15, -0.1) is 0 Å². The van der Waals surface area contributed by atoms with Crippen molar-refractivity contribution in [3.05, 3.63) is 50.5 Å². The highest BCUT2D eigenvalue weighted by molar-refractivity contribution is 9.10. The summed E-state index contributed by atoms with van der Waals surface area (Å²) < 4.78 is 5.79. The van der Waals surface area contributed by atoms with Gasteiger partial charge < -0.3 is 9.32 Å². The van der Waals surface area contributed by atoms with Crippen LogP contribution in [0.3, 0.4) is 0 Å². The molecule has 2 aromatic heterocycles. The van der Waals surface area contributed by atoms with Crippen molar-refractivity contribution in [1.82, 2.24) is 4.98 Å². The molecule has 0 aliphatic heterocycles. The first-order valence-corrected chi connectivity index (χ1v) is 6.32. The van der Waals surface area contributed by atoms with Crippen LogP contribution >= 0.6 is 15.9 Å². The average Bonchev–Trinajstić information content (AvgIpc) is 2.74. The van der Waals surface area contributed by atoms with Gasteiger partial charge in [0.05, 0.1) is 11.2 Å². The van der Waals surface area contributed by atoms with Gasteiger partial charge in [0.2, 0.25) is 5.82 Å². The fourth-order valence-electron chi connectivity index (χ4n) is 1.76. The number of pyridine rings is 1. The minimum absolute atomic E-state index is 0.0296. The Morgan fingerprint density at radius 3 is 2.89 bits per heavy atom. The molecule has 0 N–H and O–H groups in total. The van der Waals surface area contributed by atoms with Crippen LogP contribution in [0, 0.1) is 17.0 Å². The van der Waals surface area contributed by atoms with Gasteiger partial charge >= 0.3 is 5.69 Å². The van der Waals surface area contributed by atoms with Gasteiger partial charge in [0.1, 0.15) is 5.76 Å². The number of halogens is 1. The maximum Gasteiger partial charge on any atom is 0.312 e. The van der Waals surface area contributed by atoms with E-state index in [1.807, 2.05) is 13.0 Å². The number of nitrogens with zero attached hydrogens (tertiary/aromatic N) is 3. The van der Waals surface area contributed by atoms with Crippen LogP contribution in [0.5, 0.6) is 0 Å². The summed E-state index contributed by atoms with van der Waals surface area (Å²) in [6.45, 7) is 2.35. The molecule has 0 unspecified atom stereocenters. The molecule has 0 aromatic carbocycles. The lowest BCUT2D eigenvalue weighted by molar-refractivity contribution is -0.384. The molecule has 0 saturated heterocycles. The Hall–Kier alpha value is -1.89. The highest BCUT2D eigenvalue weighted by atomic mass is 79.9. The maximum atomic E-state index is 11.0. The van der Waals surface area contributed by atoms with E-state index in [2.05, 4.69) is 20.9 Å². The van der Waals surface area contributed by atoms with E-state index >= 15 is 0 Å². The number of rotatable bonds is 4. The lowest BCUT2D eigenvalue weighted by Crippen LogP contribution is -2.19. The molecular weight excluding hydrogens is 314 g/mol. The summed E-state index contributed by atoms with van der Waals surface area (Å²) in [4.78, 5) is 16.4. The Morgan fingerprint density at radius 2 is 2.32 bits per heavy atom. The maximum absolute atomic E-state index is 11.0. The van der Waals surface area contributed by atoms with Crippen LogP contribution in [0.1, 0.15) is 11.3 Å². The second-order valence-corrected chi connectivity index (χ2v) is 5.03. The van der Waals surface area contributed by atoms with Crippen LogP contribution in [0.25, 0.3) is 0 Å². The molecule has 0 fully saturated rings. The zero-order valence-corrected chi connectivity index (χ0v) is 12.0. The van der Waals surface area contributed by atoms with Gasteiger partial charge in [-0.05, 0) is 28.9 Å². The van der Waals surface area contributed by atoms with Crippen molar-refractivity contribution in [3.8, 4) is 0 Å². The SMILES string of the molecule is Cc1occc1CN(C)c1ncc(Br)cc1[N+](=O)[O-]. The van der Waals surface area contributed by atoms with Gasteiger partial charge in [0, 0.05) is 35.9 Å². The minimum Gasteiger partial charge on any atom is -0.469 e. The van der Waals surface area contributed by atoms with Crippen molar-refractivity contribution in [2.24, 2.45) is 0 Å². The topological polar surface area (TPSA) is 72.4 Å². The van der Waals surface area contributed by atoms with Gasteiger partial charge in [-0.25, -0.2) is 4.98 Å². The summed E-state index contributed by atoms with van der Waals surface area (Å²) in [5.74, 6) is 1.13. The summed E-state index contributed by atoms with van der Waals surface area (Å²) in [5, 5.41) is 11.0. The average molecular weight is 326 g/mol. The highest BCUT2D eigenvalue weighted by Crippen LogP contribution is 2.29. The standard InChI is InChI=1S/C12H12BrN3O3/c1-8-9(3-4-19-8)7-15(2)12-11(16(17)18)5-10(13)6-14-12/h3-6H,7H2,1-2H3. The van der Waals surface area contributed by atoms with Gasteiger partial charge in [0.25, 0.3) is 0 Å². The number of hydrogen-bond acceptors (Lipinski definition) is 5. The Bertz CT molecular complexity index is 612. The number of nitro groups is 1. The second-order valence-electron chi connectivity index (χ2n) is 4.11. The smallest absolute Gasteiger partial charge is 0.312 e. The number of aryl methyl sites for hydroxylation is 1. The molecule has 2 heterocycles. The van der Waals surface area contributed by atoms with E-state index in [-0.39, 0.29) is 5.69 Å². The third-order valence-corrected chi connectivity index (χ3v) is 3.18. The minimum atomic E-state index is -0.439. The fourth-order valence-corrected chi connectivity index (χ4v) is 2.07. The normalized spacial score (nSPS) is 10.5. The van der Waals surface area contributed by atoms with E-state index in [1.165, 1.54) is 6.07 Å². The third-order valence-electron chi connectivity index (χ3n) is 2.75. The van der Waals surface area contributed by atoms with Gasteiger partial charge in [-0.3, -0.25) is 10.1 Å². The van der Waals surface area contributed by atoms with Crippen molar-refractivity contribution in [2.75, 3.05) is 11.9 Å². The van der Waals surface area contributed by atoms with E-state index in [4.69, 9.17) is 4.42 Å². The summed E-state index contributed by atoms with van der Waals surface area (Å²) in [6.07, 6.45) is 3.14. The van der Waals surface area contributed by atoms with Crippen LogP contribution in [0.2, 0.25) is 0 Å². The zero-order chi connectivity index (χ0) is 14.0. The zero-order valence-electron chi connectivity index (χ0n) is 10.5. The first kappa shape index (κ1) is 13.5. The summed E-state index contributed by atoms with van der Waals surface area (Å²) in [5.41, 5.74) is 0.944. The Morgan fingerprint density at radius 1 is 1.58 bits per heavy atom. The Balaban J connectivity index is 2.31. The van der Waals surface area contributed by atoms with Crippen molar-refractivity contribution in [2.45, 2.75) is 13.5 Å². The molecule has 19 heavy (non-hydrogen) atoms. The van der Waals surface area contributed by atoms with E-state index in [0.717, 1.165) is 11.3 Å². The molecule has 100 valence electrons. The van der Waals surface area contributed by atoms with Gasteiger partial charge in [-0.1, -0.05) is 0 Å². The monoisotopic (exact) mass is 325 g/mol. The Kier molecular flexibility index (Phi) is 3.84. The molecule has 0 saturated carbocycles. The second kappa shape index (κ2) is 5.40. The van der Waals surface area contributed by atoms with Gasteiger partial charge in [-0.2, -0.15) is 0 Å². The quantitative estimate of drug-likeness (QED) is 0.637. The molecule has 0 spiro atoms. The predicted octanol–water partition coefficient (Wildman–Crippen LogP) is 3.29. The summed E-state index contributed by atoms with van der Waals surface area (Å²) in [6, 6.07) is 3.29. The van der Waals surface area contributed by atoms with Crippen molar-refractivity contribution in [1.29, 1.82) is 0 Å². The largest absolute Gasteiger partial charge is 0.469 e. The molecule has 0 aliphatic carbocycles. The number of anilines is 1. The number of hydrogen-bond donors (Lipinski definition) is 0. The highest BCUT2D eigenvalue weighted by Gasteiger charge is 2.20.